The molecule has 0 fully saturated rings. The molecule has 0 spiro atoms. The molecule has 4 nitrogen and oxygen atoms in total. The quantitative estimate of drug-likeness (QED) is 0.170. The molecule has 10 rings (SSSR count). The molecule has 0 saturated carbocycles. The van der Waals surface area contributed by atoms with Gasteiger partial charge in [-0.05, 0) is 59.1 Å². The second-order valence-corrected chi connectivity index (χ2v) is 10.6. The maximum atomic E-state index is 9.91. The lowest BCUT2D eigenvalue weighted by atomic mass is 9.91. The summed E-state index contributed by atoms with van der Waals surface area (Å²) in [6.45, 7) is 0. The minimum Gasteiger partial charge on any atom is -0.310 e. The zero-order valence-electron chi connectivity index (χ0n) is 55.3. The Morgan fingerprint density at radius 2 is 1.12 bits per heavy atom. The number of para-hydroxylation sites is 2. The lowest BCUT2D eigenvalue weighted by Gasteiger charge is -2.27. The number of anilines is 3. The first kappa shape index (κ1) is 11.9. The van der Waals surface area contributed by atoms with Gasteiger partial charge in [-0.25, -0.2) is 9.97 Å². The average molecular weight is 681 g/mol. The number of aromatic nitrogens is 3. The van der Waals surface area contributed by atoms with Crippen LogP contribution in [0.2, 0.25) is 0 Å². The Kier molecular flexibility index (Phi) is 2.77. The molecule has 0 bridgehead atoms. The van der Waals surface area contributed by atoms with Gasteiger partial charge in [0.2, 0.25) is 0 Å². The normalized spacial score (nSPS) is 19.8. The molecule has 0 radical (unpaired) electrons. The Balaban J connectivity index is 1.58. The minimum atomic E-state index is -1.21. The SMILES string of the molecule is [2H]c1nc2c(c([2H])c1[2H])c([2H])c([2H])c1c([2H])c([2H])c(-c3c([2H])c([2H])c([2H])c4c3c([2H])c([2H])c3c(-c5c([2H])c([2H])c([2H])c([2H])c5[2H])nc5c([2H])c([2H])c([2H])c(N(c6c([2H])c([2H])c([2H])c([2H])c6[2H])c6c([2H])c([2H])c([2H])c([2H])c6[2H])c5c34)nc12. The number of fused-ring (bicyclic) bond motifs is 8. The van der Waals surface area contributed by atoms with Gasteiger partial charge in [0, 0.05) is 55.6 Å². The molecule has 238 valence electrons. The van der Waals surface area contributed by atoms with Crippen LogP contribution in [0.25, 0.3) is 76.8 Å². The van der Waals surface area contributed by atoms with Crippen molar-refractivity contribution in [1.82, 2.24) is 15.0 Å². The summed E-state index contributed by atoms with van der Waals surface area (Å²) >= 11 is 0. The highest BCUT2D eigenvalue weighted by Crippen LogP contribution is 2.46. The van der Waals surface area contributed by atoms with Crippen LogP contribution in [-0.2, 0) is 0 Å². The zero-order chi connectivity index (χ0) is 59.8. The Morgan fingerprint density at radius 1 is 0.451 bits per heavy atom. The van der Waals surface area contributed by atoms with Crippen LogP contribution in [0.4, 0.5) is 17.1 Å². The van der Waals surface area contributed by atoms with Gasteiger partial charge in [0.05, 0.1) is 74.7 Å². The average Bonchev–Trinajstić information content (AvgIpc) is 3.08. The summed E-state index contributed by atoms with van der Waals surface area (Å²) in [4.78, 5) is 13.5. The number of pyridine rings is 3. The smallest absolute Gasteiger partial charge is 0.0972 e. The Labute approximate surface area is 337 Å². The number of nitrogens with zero attached hydrogens (tertiary/aromatic N) is 4. The van der Waals surface area contributed by atoms with Crippen LogP contribution in [0, 0.1) is 0 Å². The molecule has 7 aromatic carbocycles. The number of rotatable bonds is 5. The van der Waals surface area contributed by atoms with Crippen LogP contribution in [0.15, 0.2) is 181 Å². The van der Waals surface area contributed by atoms with E-state index in [-0.39, 0.29) is 0 Å². The van der Waals surface area contributed by atoms with Crippen molar-refractivity contribution in [3.8, 4) is 22.5 Å². The molecule has 0 aliphatic carbocycles. The Hall–Kier alpha value is -6.91. The molecule has 0 unspecified atom stereocenters. The summed E-state index contributed by atoms with van der Waals surface area (Å²) in [7, 11) is 0. The van der Waals surface area contributed by atoms with E-state index in [9.17, 15) is 19.2 Å². The monoisotopic (exact) mass is 680 g/mol. The molecular formula is C47H30N4. The van der Waals surface area contributed by atoms with E-state index in [1.165, 1.54) is 0 Å². The zero-order valence-corrected chi connectivity index (χ0v) is 25.3. The molecule has 51 heavy (non-hydrogen) atoms. The van der Waals surface area contributed by atoms with Crippen molar-refractivity contribution in [3.05, 3.63) is 181 Å². The molecule has 3 aromatic heterocycles. The van der Waals surface area contributed by atoms with Gasteiger partial charge in [-0.3, -0.25) is 4.98 Å². The molecule has 4 heteroatoms. The highest BCUT2D eigenvalue weighted by atomic mass is 15.1. The first-order valence-corrected chi connectivity index (χ1v) is 14.8. The second kappa shape index (κ2) is 11.9. The highest BCUT2D eigenvalue weighted by Gasteiger charge is 2.21. The van der Waals surface area contributed by atoms with E-state index in [4.69, 9.17) is 21.9 Å². The van der Waals surface area contributed by atoms with Crippen LogP contribution in [-0.4, -0.2) is 15.0 Å². The fraction of sp³-hybridized carbons (Fsp3) is 0. The predicted molar refractivity (Wildman–Crippen MR) is 213 cm³/mol. The van der Waals surface area contributed by atoms with E-state index in [2.05, 4.69) is 15.0 Å². The summed E-state index contributed by atoms with van der Waals surface area (Å²) in [5.41, 5.74) is -8.54. The third-order valence-corrected chi connectivity index (χ3v) is 7.80. The highest BCUT2D eigenvalue weighted by molar-refractivity contribution is 6.27. The van der Waals surface area contributed by atoms with E-state index in [1.807, 2.05) is 0 Å². The van der Waals surface area contributed by atoms with E-state index in [0.717, 1.165) is 0 Å². The summed E-state index contributed by atoms with van der Waals surface area (Å²) in [5.74, 6) is 0. The topological polar surface area (TPSA) is 41.9 Å². The van der Waals surface area contributed by atoms with Gasteiger partial charge in [0.15, 0.2) is 0 Å². The van der Waals surface area contributed by atoms with Crippen LogP contribution in [0.1, 0.15) is 41.1 Å². The van der Waals surface area contributed by atoms with Gasteiger partial charge in [-0.15, -0.1) is 0 Å². The fourth-order valence-electron chi connectivity index (χ4n) is 5.71. The summed E-state index contributed by atoms with van der Waals surface area (Å²) in [5, 5.41) is -5.21. The van der Waals surface area contributed by atoms with Crippen molar-refractivity contribution >= 4 is 71.3 Å². The van der Waals surface area contributed by atoms with E-state index >= 15 is 0 Å². The standard InChI is InChI=1S/C47H30N4/c1-4-13-31(14-5-1)45-39-28-27-36-37(40-29-26-33-25-24-32-15-12-30-48-46(32)47(33)49-40)20-10-21-38(36)43(39)44-41(50-45)22-11-23-42(44)51(34-16-6-2-7-17-34)35-18-8-3-9-19-35/h1-30H/i1D,2D,3D,4D,5D,6D,7D,8D,9D,10D,11D,12D,13D,14D,15D,16D,17D,18D,19D,20D,21D,22D,23D,24D,25D,26D,27D,28D,29D,30D. The Bertz CT molecular complexity index is 4510. The molecule has 0 amide bonds. The van der Waals surface area contributed by atoms with Gasteiger partial charge in [-0.1, -0.05) is 127 Å². The maximum absolute atomic E-state index is 9.91. The van der Waals surface area contributed by atoms with Gasteiger partial charge in [-0.2, -0.15) is 0 Å². The van der Waals surface area contributed by atoms with Gasteiger partial charge in [0.25, 0.3) is 0 Å². The van der Waals surface area contributed by atoms with Crippen LogP contribution in [0.5, 0.6) is 0 Å². The van der Waals surface area contributed by atoms with Gasteiger partial charge >= 0.3 is 0 Å². The molecular weight excluding hydrogens is 621 g/mol. The minimum absolute atomic E-state index is 0.419. The summed E-state index contributed by atoms with van der Waals surface area (Å²) in [6, 6.07) is -29.8. The predicted octanol–water partition coefficient (Wildman–Crippen LogP) is 12.4. The third-order valence-electron chi connectivity index (χ3n) is 7.80. The lowest BCUT2D eigenvalue weighted by Crippen LogP contribution is -2.10. The first-order valence-electron chi connectivity index (χ1n) is 29.8. The fourth-order valence-corrected chi connectivity index (χ4v) is 5.71. The molecule has 10 aromatic rings. The van der Waals surface area contributed by atoms with Crippen molar-refractivity contribution in [1.29, 1.82) is 0 Å². The summed E-state index contributed by atoms with van der Waals surface area (Å²) < 4.78 is 270. The molecule has 3 heterocycles. The largest absolute Gasteiger partial charge is 0.310 e. The molecule has 0 aliphatic heterocycles. The maximum Gasteiger partial charge on any atom is 0.0972 e. The van der Waals surface area contributed by atoms with Crippen molar-refractivity contribution in [2.24, 2.45) is 0 Å². The Morgan fingerprint density at radius 3 is 1.88 bits per heavy atom. The second-order valence-electron chi connectivity index (χ2n) is 10.6. The van der Waals surface area contributed by atoms with Crippen molar-refractivity contribution in [2.45, 2.75) is 0 Å². The number of benzene rings is 7. The molecule has 0 saturated heterocycles. The van der Waals surface area contributed by atoms with Crippen LogP contribution >= 0.6 is 0 Å². The van der Waals surface area contributed by atoms with Crippen molar-refractivity contribution in [2.75, 3.05) is 4.90 Å². The van der Waals surface area contributed by atoms with E-state index < -0.39 is 275 Å². The molecule has 0 aliphatic rings. The summed E-state index contributed by atoms with van der Waals surface area (Å²) in [6.07, 6.45) is -0.820. The van der Waals surface area contributed by atoms with Gasteiger partial charge < -0.3 is 4.90 Å². The van der Waals surface area contributed by atoms with Gasteiger partial charge in [0.1, 0.15) is 0 Å². The van der Waals surface area contributed by atoms with E-state index in [0.29, 0.717) is 4.90 Å². The lowest BCUT2D eigenvalue weighted by molar-refractivity contribution is 1.29. The number of hydrogen-bond acceptors (Lipinski definition) is 4. The van der Waals surface area contributed by atoms with E-state index in [1.54, 1.807) is 0 Å². The van der Waals surface area contributed by atoms with Crippen molar-refractivity contribution < 1.29 is 41.1 Å². The third kappa shape index (κ3) is 4.80. The van der Waals surface area contributed by atoms with Crippen molar-refractivity contribution in [3.63, 3.8) is 0 Å². The molecule has 0 atom stereocenters. The van der Waals surface area contributed by atoms with Crippen LogP contribution in [0.3, 0.4) is 0 Å². The molecule has 0 N–H and O–H groups in total. The first-order chi connectivity index (χ1) is 37.8. The van der Waals surface area contributed by atoms with Crippen LogP contribution < -0.4 is 4.90 Å². The number of hydrogen-bond donors (Lipinski definition) is 0.